The van der Waals surface area contributed by atoms with Gasteiger partial charge in [0.05, 0.1) is 5.67 Å². The Kier molecular flexibility index (Phi) is 5.20. The van der Waals surface area contributed by atoms with E-state index >= 15 is 0 Å². The lowest BCUT2D eigenvalue weighted by Crippen LogP contribution is -2.56. The number of nitrogens with one attached hydrogen (secondary N) is 1. The molecule has 13 heavy (non-hydrogen) atoms. The Labute approximate surface area is 80.9 Å². The highest BCUT2D eigenvalue weighted by molar-refractivity contribution is 6.67. The summed E-state index contributed by atoms with van der Waals surface area (Å²) in [6.07, 6.45) is 0.488. The number of amides is 1. The van der Waals surface area contributed by atoms with E-state index in [1.807, 2.05) is 20.4 Å². The molecule has 0 saturated heterocycles. The van der Waals surface area contributed by atoms with E-state index in [4.69, 9.17) is 8.85 Å². The molecule has 0 fully saturated rings. The molecular weight excluding hydrogens is 186 g/mol. The standard InChI is InChI=1S/C8H19NO3Si/c1-6-8(10)9-7(2)13(5,11-3)12-4/h7H,6H2,1-5H3,(H,9,10). The van der Waals surface area contributed by atoms with Crippen LogP contribution in [0.15, 0.2) is 0 Å². The van der Waals surface area contributed by atoms with Crippen LogP contribution in [0.2, 0.25) is 6.55 Å². The third-order valence-electron chi connectivity index (χ3n) is 2.30. The quantitative estimate of drug-likeness (QED) is 0.676. The van der Waals surface area contributed by atoms with Crippen LogP contribution in [0.4, 0.5) is 0 Å². The van der Waals surface area contributed by atoms with Gasteiger partial charge in [-0.3, -0.25) is 4.79 Å². The summed E-state index contributed by atoms with van der Waals surface area (Å²) in [4.78, 5) is 11.1. The highest BCUT2D eigenvalue weighted by Gasteiger charge is 2.37. The van der Waals surface area contributed by atoms with E-state index in [2.05, 4.69) is 5.32 Å². The number of hydrogen-bond acceptors (Lipinski definition) is 3. The number of carbonyl (C=O) groups is 1. The summed E-state index contributed by atoms with van der Waals surface area (Å²) < 4.78 is 10.6. The molecule has 0 heterocycles. The maximum Gasteiger partial charge on any atom is 0.357 e. The first-order chi connectivity index (χ1) is 6.00. The van der Waals surface area contributed by atoms with E-state index in [0.29, 0.717) is 6.42 Å². The first kappa shape index (κ1) is 12.6. The molecule has 0 spiro atoms. The largest absolute Gasteiger partial charge is 0.397 e. The van der Waals surface area contributed by atoms with Crippen LogP contribution < -0.4 is 5.32 Å². The third-order valence-corrected chi connectivity index (χ3v) is 5.63. The molecule has 0 aliphatic heterocycles. The van der Waals surface area contributed by atoms with E-state index in [9.17, 15) is 4.79 Å². The minimum atomic E-state index is -2.21. The molecule has 5 heteroatoms. The van der Waals surface area contributed by atoms with Crippen molar-refractivity contribution in [3.05, 3.63) is 0 Å². The summed E-state index contributed by atoms with van der Waals surface area (Å²) in [5.74, 6) is 0.0281. The molecule has 1 amide bonds. The number of carbonyl (C=O) groups excluding carboxylic acids is 1. The highest BCUT2D eigenvalue weighted by atomic mass is 28.4. The van der Waals surface area contributed by atoms with Crippen LogP contribution in [-0.2, 0) is 13.6 Å². The second-order valence-corrected chi connectivity index (χ2v) is 6.78. The van der Waals surface area contributed by atoms with Crippen LogP contribution in [0.1, 0.15) is 20.3 Å². The summed E-state index contributed by atoms with van der Waals surface area (Å²) >= 11 is 0. The van der Waals surface area contributed by atoms with E-state index in [-0.39, 0.29) is 11.6 Å². The lowest BCUT2D eigenvalue weighted by Gasteiger charge is -2.29. The summed E-state index contributed by atoms with van der Waals surface area (Å²) in [5.41, 5.74) is -0.0325. The average molecular weight is 205 g/mol. The smallest absolute Gasteiger partial charge is 0.357 e. The molecule has 0 aliphatic carbocycles. The van der Waals surface area contributed by atoms with E-state index < -0.39 is 8.56 Å². The van der Waals surface area contributed by atoms with Gasteiger partial charge in [0, 0.05) is 20.6 Å². The predicted octanol–water partition coefficient (Wildman–Crippen LogP) is 0.805. The van der Waals surface area contributed by atoms with Gasteiger partial charge < -0.3 is 14.2 Å². The van der Waals surface area contributed by atoms with E-state index in [1.165, 1.54) is 0 Å². The second kappa shape index (κ2) is 5.36. The molecule has 0 aromatic heterocycles. The van der Waals surface area contributed by atoms with Crippen molar-refractivity contribution in [3.8, 4) is 0 Å². The fourth-order valence-electron chi connectivity index (χ4n) is 0.912. The van der Waals surface area contributed by atoms with Crippen LogP contribution in [0.25, 0.3) is 0 Å². The molecule has 1 unspecified atom stereocenters. The highest BCUT2D eigenvalue weighted by Crippen LogP contribution is 2.09. The molecule has 0 saturated carbocycles. The van der Waals surface area contributed by atoms with E-state index in [0.717, 1.165) is 0 Å². The van der Waals surface area contributed by atoms with Crippen LogP contribution in [0.5, 0.6) is 0 Å². The van der Waals surface area contributed by atoms with Crippen molar-refractivity contribution in [2.75, 3.05) is 14.2 Å². The predicted molar refractivity (Wildman–Crippen MR) is 53.5 cm³/mol. The van der Waals surface area contributed by atoms with Crippen LogP contribution in [0, 0.1) is 0 Å². The molecule has 0 radical (unpaired) electrons. The van der Waals surface area contributed by atoms with Crippen molar-refractivity contribution in [2.45, 2.75) is 32.5 Å². The molecule has 0 rings (SSSR count). The fourth-order valence-corrected chi connectivity index (χ4v) is 2.21. The fraction of sp³-hybridized carbons (Fsp3) is 0.875. The Balaban J connectivity index is 4.21. The zero-order valence-electron chi connectivity index (χ0n) is 9.01. The maximum absolute atomic E-state index is 11.1. The molecule has 4 nitrogen and oxygen atoms in total. The van der Waals surface area contributed by atoms with E-state index in [1.54, 1.807) is 14.2 Å². The van der Waals surface area contributed by atoms with Gasteiger partial charge in [-0.1, -0.05) is 6.92 Å². The van der Waals surface area contributed by atoms with Gasteiger partial charge >= 0.3 is 8.56 Å². The van der Waals surface area contributed by atoms with Crippen molar-refractivity contribution in [3.63, 3.8) is 0 Å². The van der Waals surface area contributed by atoms with Crippen LogP contribution >= 0.6 is 0 Å². The van der Waals surface area contributed by atoms with Crippen molar-refractivity contribution < 1.29 is 13.6 Å². The maximum atomic E-state index is 11.1. The topological polar surface area (TPSA) is 47.6 Å². The van der Waals surface area contributed by atoms with Crippen molar-refractivity contribution in [2.24, 2.45) is 0 Å². The SMILES string of the molecule is CCC(=O)NC(C)[Si](C)(OC)OC. The minimum absolute atomic E-state index is 0.0281. The van der Waals surface area contributed by atoms with Gasteiger partial charge in [-0.15, -0.1) is 0 Å². The molecule has 0 aromatic carbocycles. The summed E-state index contributed by atoms with van der Waals surface area (Å²) in [5, 5.41) is 2.84. The average Bonchev–Trinajstić information content (AvgIpc) is 2.16. The molecule has 78 valence electrons. The third kappa shape index (κ3) is 3.46. The first-order valence-electron chi connectivity index (χ1n) is 4.39. The van der Waals surface area contributed by atoms with Gasteiger partial charge in [-0.25, -0.2) is 0 Å². The Morgan fingerprint density at radius 3 is 2.23 bits per heavy atom. The molecule has 0 aromatic rings. The van der Waals surface area contributed by atoms with Crippen LogP contribution in [0.3, 0.4) is 0 Å². The molecule has 1 atom stereocenters. The van der Waals surface area contributed by atoms with Crippen molar-refractivity contribution in [1.82, 2.24) is 5.32 Å². The van der Waals surface area contributed by atoms with Gasteiger partial charge in [0.1, 0.15) is 0 Å². The van der Waals surface area contributed by atoms with Crippen LogP contribution in [-0.4, -0.2) is 34.4 Å². The normalized spacial score (nSPS) is 13.9. The molecular formula is C8H19NO3Si. The lowest BCUT2D eigenvalue weighted by atomic mass is 10.4. The van der Waals surface area contributed by atoms with Gasteiger partial charge in [-0.2, -0.15) is 0 Å². The number of hydrogen-bond donors (Lipinski definition) is 1. The van der Waals surface area contributed by atoms with Gasteiger partial charge in [0.15, 0.2) is 0 Å². The summed E-state index contributed by atoms with van der Waals surface area (Å²) in [6.45, 7) is 5.65. The van der Waals surface area contributed by atoms with Crippen molar-refractivity contribution >= 4 is 14.5 Å². The summed E-state index contributed by atoms with van der Waals surface area (Å²) in [7, 11) is 1.02. The Hall–Kier alpha value is -0.393. The Bertz CT molecular complexity index is 171. The van der Waals surface area contributed by atoms with Gasteiger partial charge in [0.25, 0.3) is 0 Å². The number of rotatable bonds is 5. The zero-order valence-corrected chi connectivity index (χ0v) is 10.0. The Morgan fingerprint density at radius 1 is 1.46 bits per heavy atom. The van der Waals surface area contributed by atoms with Crippen molar-refractivity contribution in [1.29, 1.82) is 0 Å². The van der Waals surface area contributed by atoms with Gasteiger partial charge in [-0.05, 0) is 13.5 Å². The second-order valence-electron chi connectivity index (χ2n) is 3.07. The monoisotopic (exact) mass is 205 g/mol. The van der Waals surface area contributed by atoms with Gasteiger partial charge in [0.2, 0.25) is 5.91 Å². The zero-order chi connectivity index (χ0) is 10.5. The lowest BCUT2D eigenvalue weighted by molar-refractivity contribution is -0.121. The minimum Gasteiger partial charge on any atom is -0.397 e. The molecule has 0 aliphatic rings. The molecule has 0 bridgehead atoms. The molecule has 1 N–H and O–H groups in total. The first-order valence-corrected chi connectivity index (χ1v) is 6.79. The summed E-state index contributed by atoms with van der Waals surface area (Å²) in [6, 6.07) is 0. The Morgan fingerprint density at radius 2 is 1.92 bits per heavy atom.